The zero-order chi connectivity index (χ0) is 12.1. The van der Waals surface area contributed by atoms with Crippen molar-refractivity contribution in [1.29, 1.82) is 0 Å². The number of nitrogens with zero attached hydrogens (tertiary/aromatic N) is 5. The summed E-state index contributed by atoms with van der Waals surface area (Å²) in [6.07, 6.45) is 1.78. The molecule has 92 valence electrons. The third-order valence-corrected chi connectivity index (χ3v) is 2.07. The van der Waals surface area contributed by atoms with E-state index in [0.717, 1.165) is 5.69 Å². The van der Waals surface area contributed by atoms with E-state index in [4.69, 9.17) is 9.63 Å². The quantitative estimate of drug-likeness (QED) is 0.682. The molecule has 0 aliphatic rings. The van der Waals surface area contributed by atoms with E-state index >= 15 is 0 Å². The summed E-state index contributed by atoms with van der Waals surface area (Å²) in [6, 6.07) is 0. The molecule has 0 radical (unpaired) electrons. The maximum atomic E-state index is 8.72. The van der Waals surface area contributed by atoms with Crippen molar-refractivity contribution in [2.75, 3.05) is 6.61 Å². The van der Waals surface area contributed by atoms with Gasteiger partial charge in [0, 0.05) is 19.7 Å². The fraction of sp³-hybridized carbons (Fsp3) is 0.556. The van der Waals surface area contributed by atoms with E-state index in [9.17, 15) is 0 Å². The first-order chi connectivity index (χ1) is 8.28. The molecule has 0 amide bonds. The number of aliphatic hydroxyl groups excluding tert-OH is 1. The summed E-state index contributed by atoms with van der Waals surface area (Å²) >= 11 is 0. The number of aliphatic hydroxyl groups is 1. The maximum Gasteiger partial charge on any atom is 0.223 e. The van der Waals surface area contributed by atoms with E-state index in [1.54, 1.807) is 17.8 Å². The molecular formula is C9H14N6O2. The highest BCUT2D eigenvalue weighted by Crippen LogP contribution is 1.96. The van der Waals surface area contributed by atoms with Crippen LogP contribution < -0.4 is 5.32 Å². The largest absolute Gasteiger partial charge is 0.394 e. The number of nitrogens with one attached hydrogen (secondary N) is 1. The average Bonchev–Trinajstić information content (AvgIpc) is 2.89. The minimum Gasteiger partial charge on any atom is -0.394 e. The summed E-state index contributed by atoms with van der Waals surface area (Å²) in [5.74, 6) is 1.17. The SMILES string of the molecule is Cc1nc(CNCc2cn(CCO)nn2)no1. The van der Waals surface area contributed by atoms with Crippen LogP contribution in [0.5, 0.6) is 0 Å². The molecule has 0 saturated heterocycles. The molecule has 0 aliphatic carbocycles. The van der Waals surface area contributed by atoms with Gasteiger partial charge in [0.1, 0.15) is 0 Å². The van der Waals surface area contributed by atoms with Crippen LogP contribution in [0.25, 0.3) is 0 Å². The number of aromatic nitrogens is 5. The molecule has 0 saturated carbocycles. The Morgan fingerprint density at radius 3 is 3.06 bits per heavy atom. The summed E-state index contributed by atoms with van der Waals surface area (Å²) in [4.78, 5) is 4.06. The van der Waals surface area contributed by atoms with Crippen LogP contribution in [0.4, 0.5) is 0 Å². The molecule has 2 heterocycles. The number of aryl methyl sites for hydroxylation is 1. The first kappa shape index (κ1) is 11.7. The van der Waals surface area contributed by atoms with Crippen molar-refractivity contribution in [3.05, 3.63) is 23.6 Å². The fourth-order valence-electron chi connectivity index (χ4n) is 1.35. The first-order valence-electron chi connectivity index (χ1n) is 5.27. The van der Waals surface area contributed by atoms with Gasteiger partial charge in [0.05, 0.1) is 25.4 Å². The second-order valence-corrected chi connectivity index (χ2v) is 3.53. The topological polar surface area (TPSA) is 102 Å². The summed E-state index contributed by atoms with van der Waals surface area (Å²) in [6.45, 7) is 3.34. The predicted octanol–water partition coefficient (Wildman–Crippen LogP) is -0.748. The van der Waals surface area contributed by atoms with Crippen molar-refractivity contribution in [2.24, 2.45) is 0 Å². The Morgan fingerprint density at radius 2 is 2.35 bits per heavy atom. The second kappa shape index (κ2) is 5.51. The molecule has 0 atom stereocenters. The van der Waals surface area contributed by atoms with E-state index in [-0.39, 0.29) is 6.61 Å². The van der Waals surface area contributed by atoms with Gasteiger partial charge in [-0.2, -0.15) is 4.98 Å². The van der Waals surface area contributed by atoms with Crippen molar-refractivity contribution < 1.29 is 9.63 Å². The Labute approximate surface area is 97.6 Å². The van der Waals surface area contributed by atoms with Crippen LogP contribution in [0.1, 0.15) is 17.4 Å². The molecule has 8 heteroatoms. The average molecular weight is 238 g/mol. The van der Waals surface area contributed by atoms with Gasteiger partial charge in [0.15, 0.2) is 5.82 Å². The molecule has 0 aliphatic heterocycles. The zero-order valence-corrected chi connectivity index (χ0v) is 9.50. The molecule has 8 nitrogen and oxygen atoms in total. The second-order valence-electron chi connectivity index (χ2n) is 3.53. The molecule has 0 fully saturated rings. The molecule has 0 spiro atoms. The summed E-state index contributed by atoms with van der Waals surface area (Å²) in [7, 11) is 0. The van der Waals surface area contributed by atoms with Gasteiger partial charge in [0.25, 0.3) is 0 Å². The number of rotatable bonds is 6. The first-order valence-corrected chi connectivity index (χ1v) is 5.27. The molecule has 2 rings (SSSR count). The standard InChI is InChI=1S/C9H14N6O2/c1-7-11-9(13-17-7)5-10-4-8-6-15(2-3-16)14-12-8/h6,10,16H,2-5H2,1H3. The Bertz CT molecular complexity index is 466. The monoisotopic (exact) mass is 238 g/mol. The molecule has 0 aromatic carbocycles. The summed E-state index contributed by atoms with van der Waals surface area (Å²) in [5.41, 5.74) is 0.804. The lowest BCUT2D eigenvalue weighted by Crippen LogP contribution is -2.14. The van der Waals surface area contributed by atoms with Crippen molar-refractivity contribution in [1.82, 2.24) is 30.5 Å². The normalized spacial score (nSPS) is 10.9. The lowest BCUT2D eigenvalue weighted by molar-refractivity contribution is 0.268. The van der Waals surface area contributed by atoms with E-state index in [1.807, 2.05) is 0 Å². The lowest BCUT2D eigenvalue weighted by atomic mass is 10.4. The molecule has 2 N–H and O–H groups in total. The van der Waals surface area contributed by atoms with Crippen LogP contribution in [0, 0.1) is 6.92 Å². The van der Waals surface area contributed by atoms with Crippen molar-refractivity contribution >= 4 is 0 Å². The van der Waals surface area contributed by atoms with Gasteiger partial charge >= 0.3 is 0 Å². The summed E-state index contributed by atoms with van der Waals surface area (Å²) in [5, 5.41) is 23.4. The van der Waals surface area contributed by atoms with Crippen LogP contribution in [-0.2, 0) is 19.6 Å². The van der Waals surface area contributed by atoms with Crippen LogP contribution >= 0.6 is 0 Å². The number of hydrogen-bond donors (Lipinski definition) is 2. The van der Waals surface area contributed by atoms with Gasteiger partial charge in [-0.3, -0.25) is 0 Å². The fourth-order valence-corrected chi connectivity index (χ4v) is 1.35. The Balaban J connectivity index is 1.77. The van der Waals surface area contributed by atoms with Gasteiger partial charge in [-0.15, -0.1) is 5.10 Å². The molecule has 2 aromatic heterocycles. The van der Waals surface area contributed by atoms with Gasteiger partial charge in [-0.25, -0.2) is 4.68 Å². The van der Waals surface area contributed by atoms with Gasteiger partial charge in [-0.1, -0.05) is 10.4 Å². The Morgan fingerprint density at radius 1 is 1.47 bits per heavy atom. The predicted molar refractivity (Wildman–Crippen MR) is 56.7 cm³/mol. The third-order valence-electron chi connectivity index (χ3n) is 2.07. The minimum absolute atomic E-state index is 0.0539. The zero-order valence-electron chi connectivity index (χ0n) is 9.50. The highest BCUT2D eigenvalue weighted by Gasteiger charge is 2.03. The van der Waals surface area contributed by atoms with Crippen molar-refractivity contribution in [2.45, 2.75) is 26.6 Å². The smallest absolute Gasteiger partial charge is 0.223 e. The van der Waals surface area contributed by atoms with E-state index < -0.39 is 0 Å². The molecule has 0 bridgehead atoms. The van der Waals surface area contributed by atoms with E-state index in [2.05, 4.69) is 25.8 Å². The molecule has 2 aromatic rings. The van der Waals surface area contributed by atoms with Gasteiger partial charge in [-0.05, 0) is 0 Å². The van der Waals surface area contributed by atoms with Crippen LogP contribution in [0.3, 0.4) is 0 Å². The molecule has 0 unspecified atom stereocenters. The van der Waals surface area contributed by atoms with Crippen LogP contribution in [0.15, 0.2) is 10.7 Å². The third kappa shape index (κ3) is 3.33. The van der Waals surface area contributed by atoms with E-state index in [1.165, 1.54) is 0 Å². The maximum absolute atomic E-state index is 8.72. The summed E-state index contributed by atoms with van der Waals surface area (Å²) < 4.78 is 6.44. The van der Waals surface area contributed by atoms with Crippen LogP contribution in [0.2, 0.25) is 0 Å². The highest BCUT2D eigenvalue weighted by molar-refractivity contribution is 4.92. The Hall–Kier alpha value is -1.80. The van der Waals surface area contributed by atoms with Gasteiger partial charge in [0.2, 0.25) is 5.89 Å². The highest BCUT2D eigenvalue weighted by atomic mass is 16.5. The number of hydrogen-bond acceptors (Lipinski definition) is 7. The van der Waals surface area contributed by atoms with Crippen molar-refractivity contribution in [3.63, 3.8) is 0 Å². The van der Waals surface area contributed by atoms with E-state index in [0.29, 0.717) is 31.3 Å². The Kier molecular flexibility index (Phi) is 3.78. The van der Waals surface area contributed by atoms with Crippen LogP contribution in [-0.4, -0.2) is 36.8 Å². The minimum atomic E-state index is 0.0539. The van der Waals surface area contributed by atoms with Crippen molar-refractivity contribution in [3.8, 4) is 0 Å². The van der Waals surface area contributed by atoms with Gasteiger partial charge < -0.3 is 14.9 Å². The molecular weight excluding hydrogens is 224 g/mol. The molecule has 17 heavy (non-hydrogen) atoms. The lowest BCUT2D eigenvalue weighted by Gasteiger charge is -1.96.